The first-order valence-electron chi connectivity index (χ1n) is 11.3. The number of aromatic nitrogens is 3. The number of halogens is 3. The topological polar surface area (TPSA) is 95.5 Å². The first-order chi connectivity index (χ1) is 16.8. The summed E-state index contributed by atoms with van der Waals surface area (Å²) in [5, 5.41) is 6.57. The van der Waals surface area contributed by atoms with E-state index in [0.29, 0.717) is 24.0 Å². The molecule has 0 bridgehead atoms. The van der Waals surface area contributed by atoms with Crippen molar-refractivity contribution >= 4 is 35.3 Å². The van der Waals surface area contributed by atoms with Gasteiger partial charge in [-0.25, -0.2) is 9.37 Å². The second kappa shape index (κ2) is 10.9. The summed E-state index contributed by atoms with van der Waals surface area (Å²) >= 11 is 12.4. The maximum Gasteiger partial charge on any atom is 0.173 e. The van der Waals surface area contributed by atoms with E-state index in [1.807, 2.05) is 22.9 Å². The van der Waals surface area contributed by atoms with Crippen molar-refractivity contribution in [1.82, 2.24) is 19.8 Å². The van der Waals surface area contributed by atoms with Gasteiger partial charge in [0.15, 0.2) is 17.9 Å². The maximum atomic E-state index is 14.0. The van der Waals surface area contributed by atoms with Gasteiger partial charge in [-0.15, -0.1) is 0 Å². The molecule has 0 radical (unpaired) electrons. The average molecular weight is 522 g/mol. The van der Waals surface area contributed by atoms with Crippen molar-refractivity contribution in [1.29, 1.82) is 0 Å². The Labute approximate surface area is 212 Å². The summed E-state index contributed by atoms with van der Waals surface area (Å²) < 4.78 is 21.9. The second-order valence-electron chi connectivity index (χ2n) is 8.22. The predicted molar refractivity (Wildman–Crippen MR) is 132 cm³/mol. The third-order valence-electron chi connectivity index (χ3n) is 6.02. The van der Waals surface area contributed by atoms with Gasteiger partial charge in [0, 0.05) is 47.2 Å². The average Bonchev–Trinajstić information content (AvgIpc) is 3.33. The van der Waals surface area contributed by atoms with E-state index in [9.17, 15) is 9.18 Å². The number of anilines is 1. The van der Waals surface area contributed by atoms with Crippen molar-refractivity contribution in [3.63, 3.8) is 0 Å². The highest BCUT2D eigenvalue weighted by atomic mass is 35.5. The number of benzene rings is 1. The standard InChI is InChI=1S/C24H26Cl2FN5O3/c1-3-34-31-8-6-16(7-9-31)32-12-15(10-30-32)17-11-29-24(28)23(18(17)13-33)35-14(2)21-19(25)4-5-20(27)22(21)26/h4-5,10-14,16H,3,6-9H2,1-2H3,(H2,28,29)/t14-/m1/s1. The highest BCUT2D eigenvalue weighted by Crippen LogP contribution is 2.39. The fourth-order valence-electron chi connectivity index (χ4n) is 4.24. The van der Waals surface area contributed by atoms with Gasteiger partial charge in [-0.2, -0.15) is 10.2 Å². The minimum atomic E-state index is -0.804. The van der Waals surface area contributed by atoms with E-state index in [0.717, 1.165) is 25.9 Å². The smallest absolute Gasteiger partial charge is 0.173 e. The monoisotopic (exact) mass is 521 g/mol. The third-order valence-corrected chi connectivity index (χ3v) is 6.73. The zero-order chi connectivity index (χ0) is 25.1. The molecule has 2 aromatic heterocycles. The Morgan fingerprint density at radius 3 is 2.71 bits per heavy atom. The second-order valence-corrected chi connectivity index (χ2v) is 9.01. The van der Waals surface area contributed by atoms with Gasteiger partial charge in [-0.3, -0.25) is 14.3 Å². The molecule has 0 amide bonds. The van der Waals surface area contributed by atoms with Crippen molar-refractivity contribution in [3.8, 4) is 16.9 Å². The van der Waals surface area contributed by atoms with E-state index in [4.69, 9.17) is 38.5 Å². The van der Waals surface area contributed by atoms with Crippen LogP contribution in [0, 0.1) is 5.82 Å². The lowest BCUT2D eigenvalue weighted by Gasteiger charge is -2.30. The lowest BCUT2D eigenvalue weighted by atomic mass is 10.0. The van der Waals surface area contributed by atoms with Crippen LogP contribution in [0.3, 0.4) is 0 Å². The molecule has 8 nitrogen and oxygen atoms in total. The maximum absolute atomic E-state index is 14.0. The lowest BCUT2D eigenvalue weighted by Crippen LogP contribution is -2.34. The van der Waals surface area contributed by atoms with Gasteiger partial charge in [0.1, 0.15) is 11.9 Å². The Kier molecular flexibility index (Phi) is 7.91. The first-order valence-corrected chi connectivity index (χ1v) is 12.1. The molecule has 11 heteroatoms. The number of hydrogen-bond donors (Lipinski definition) is 1. The fraction of sp³-hybridized carbons (Fsp3) is 0.375. The zero-order valence-electron chi connectivity index (χ0n) is 19.4. The van der Waals surface area contributed by atoms with Crippen LogP contribution in [0.4, 0.5) is 10.2 Å². The van der Waals surface area contributed by atoms with E-state index in [1.165, 1.54) is 18.3 Å². The molecule has 0 unspecified atom stereocenters. The minimum absolute atomic E-state index is 0.0158. The zero-order valence-corrected chi connectivity index (χ0v) is 20.9. The molecule has 1 saturated heterocycles. The van der Waals surface area contributed by atoms with Crippen LogP contribution in [0.15, 0.2) is 30.7 Å². The molecular formula is C24H26Cl2FN5O3. The van der Waals surface area contributed by atoms with Gasteiger partial charge >= 0.3 is 0 Å². The number of pyridine rings is 1. The van der Waals surface area contributed by atoms with Crippen LogP contribution in [0.5, 0.6) is 5.75 Å². The summed E-state index contributed by atoms with van der Waals surface area (Å²) in [4.78, 5) is 22.0. The predicted octanol–water partition coefficient (Wildman–Crippen LogP) is 5.51. The van der Waals surface area contributed by atoms with Crippen LogP contribution in [-0.2, 0) is 4.84 Å². The molecular weight excluding hydrogens is 496 g/mol. The highest BCUT2D eigenvalue weighted by molar-refractivity contribution is 6.36. The molecule has 3 heterocycles. The van der Waals surface area contributed by atoms with E-state index < -0.39 is 11.9 Å². The van der Waals surface area contributed by atoms with E-state index in [-0.39, 0.29) is 38.8 Å². The molecule has 0 spiro atoms. The number of hydrogen-bond acceptors (Lipinski definition) is 7. The molecule has 0 saturated carbocycles. The SMILES string of the molecule is CCON1CCC(n2cc(-c3cnc(N)c(O[C@H](C)c4c(Cl)ccc(F)c4Cl)c3C=O)cn2)CC1. The Balaban J connectivity index is 1.61. The fourth-order valence-corrected chi connectivity index (χ4v) is 4.92. The molecule has 186 valence electrons. The van der Waals surface area contributed by atoms with Crippen LogP contribution < -0.4 is 10.5 Å². The van der Waals surface area contributed by atoms with Crippen LogP contribution >= 0.6 is 23.2 Å². The van der Waals surface area contributed by atoms with Gasteiger partial charge in [0.05, 0.1) is 29.4 Å². The van der Waals surface area contributed by atoms with Gasteiger partial charge in [-0.05, 0) is 38.8 Å². The molecule has 4 rings (SSSR count). The molecule has 3 aromatic rings. The molecule has 0 aliphatic carbocycles. The van der Waals surface area contributed by atoms with Crippen LogP contribution in [0.25, 0.3) is 11.1 Å². The van der Waals surface area contributed by atoms with Crippen molar-refractivity contribution in [2.75, 3.05) is 25.4 Å². The molecule has 1 aromatic carbocycles. The van der Waals surface area contributed by atoms with E-state index in [1.54, 1.807) is 13.1 Å². The summed E-state index contributed by atoms with van der Waals surface area (Å²) in [5.74, 6) is -0.544. The van der Waals surface area contributed by atoms with Crippen molar-refractivity contribution < 1.29 is 18.8 Å². The van der Waals surface area contributed by atoms with Crippen LogP contribution in [-0.4, -0.2) is 45.8 Å². The number of rotatable bonds is 8. The Morgan fingerprint density at radius 1 is 1.29 bits per heavy atom. The Morgan fingerprint density at radius 2 is 2.03 bits per heavy atom. The van der Waals surface area contributed by atoms with Gasteiger partial charge in [-0.1, -0.05) is 23.2 Å². The van der Waals surface area contributed by atoms with Gasteiger partial charge < -0.3 is 10.5 Å². The highest BCUT2D eigenvalue weighted by Gasteiger charge is 2.25. The molecule has 1 aliphatic heterocycles. The number of hydroxylamine groups is 2. The van der Waals surface area contributed by atoms with Crippen molar-refractivity contribution in [3.05, 3.63) is 57.7 Å². The number of nitrogens with two attached hydrogens (primary N) is 1. The van der Waals surface area contributed by atoms with Crippen LogP contribution in [0.2, 0.25) is 10.0 Å². The number of nitrogens with zero attached hydrogens (tertiary/aromatic N) is 4. The van der Waals surface area contributed by atoms with E-state index in [2.05, 4.69) is 10.1 Å². The summed E-state index contributed by atoms with van der Waals surface area (Å²) in [6.45, 7) is 5.89. The Hall–Kier alpha value is -2.72. The third kappa shape index (κ3) is 5.28. The number of ether oxygens (including phenoxy) is 1. The Bertz CT molecular complexity index is 1210. The number of nitrogen functional groups attached to an aromatic ring is 1. The molecule has 1 aliphatic rings. The number of carbonyl (C=O) groups is 1. The molecule has 2 N–H and O–H groups in total. The normalized spacial score (nSPS) is 15.8. The van der Waals surface area contributed by atoms with Crippen molar-refractivity contribution in [2.24, 2.45) is 0 Å². The number of aldehydes is 1. The number of piperidine rings is 1. The quantitative estimate of drug-likeness (QED) is 0.308. The molecule has 1 fully saturated rings. The molecule has 35 heavy (non-hydrogen) atoms. The largest absolute Gasteiger partial charge is 0.481 e. The van der Waals surface area contributed by atoms with E-state index >= 15 is 0 Å². The lowest BCUT2D eigenvalue weighted by molar-refractivity contribution is -0.168. The van der Waals surface area contributed by atoms with Gasteiger partial charge in [0.2, 0.25) is 0 Å². The van der Waals surface area contributed by atoms with Crippen molar-refractivity contribution in [2.45, 2.75) is 38.8 Å². The first kappa shape index (κ1) is 25.4. The number of carbonyl (C=O) groups excluding carboxylic acids is 1. The summed E-state index contributed by atoms with van der Waals surface area (Å²) in [5.41, 5.74) is 7.74. The van der Waals surface area contributed by atoms with Crippen LogP contribution in [0.1, 0.15) is 54.8 Å². The molecule has 1 atom stereocenters. The minimum Gasteiger partial charge on any atom is -0.481 e. The summed E-state index contributed by atoms with van der Waals surface area (Å²) in [6, 6.07) is 2.78. The van der Waals surface area contributed by atoms with Gasteiger partial charge in [0.25, 0.3) is 0 Å². The summed E-state index contributed by atoms with van der Waals surface area (Å²) in [6.07, 6.45) is 6.71. The summed E-state index contributed by atoms with van der Waals surface area (Å²) in [7, 11) is 0.